The summed E-state index contributed by atoms with van der Waals surface area (Å²) >= 11 is 0. The van der Waals surface area contributed by atoms with E-state index in [1.807, 2.05) is 0 Å². The Morgan fingerprint density at radius 3 is 2.29 bits per heavy atom. The monoisotopic (exact) mass is 239 g/mol. The van der Waals surface area contributed by atoms with E-state index in [4.69, 9.17) is 4.74 Å². The molecule has 0 unspecified atom stereocenters. The minimum Gasteiger partial charge on any atom is -0.462 e. The SMILES string of the molecule is C=C(C)C(=O)OCCC(=O)N1C(=O)CCC1=O. The second kappa shape index (κ2) is 5.38. The molecule has 0 aromatic carbocycles. The molecule has 0 atom stereocenters. The molecule has 0 N–H and O–H groups in total. The Kier molecular flexibility index (Phi) is 4.14. The predicted molar refractivity (Wildman–Crippen MR) is 56.5 cm³/mol. The fraction of sp³-hybridized carbons (Fsp3) is 0.455. The Morgan fingerprint density at radius 1 is 1.29 bits per heavy atom. The number of amides is 3. The molecule has 1 saturated heterocycles. The first-order chi connectivity index (χ1) is 7.93. The molecule has 1 aliphatic rings. The van der Waals surface area contributed by atoms with Crippen LogP contribution in [-0.2, 0) is 23.9 Å². The van der Waals surface area contributed by atoms with Gasteiger partial charge in [-0.2, -0.15) is 0 Å². The molecule has 1 heterocycles. The average molecular weight is 239 g/mol. The number of carbonyl (C=O) groups is 4. The predicted octanol–water partition coefficient (Wildman–Crippen LogP) is 0.171. The molecule has 3 amide bonds. The van der Waals surface area contributed by atoms with E-state index in [9.17, 15) is 19.2 Å². The fourth-order valence-electron chi connectivity index (χ4n) is 1.32. The van der Waals surface area contributed by atoms with Crippen molar-refractivity contribution >= 4 is 23.7 Å². The molecular formula is C11H13NO5. The number of imide groups is 3. The van der Waals surface area contributed by atoms with Gasteiger partial charge in [-0.05, 0) is 6.92 Å². The normalized spacial score (nSPS) is 15.0. The highest BCUT2D eigenvalue weighted by molar-refractivity contribution is 6.15. The van der Waals surface area contributed by atoms with Gasteiger partial charge in [-0.1, -0.05) is 6.58 Å². The zero-order valence-electron chi connectivity index (χ0n) is 9.52. The lowest BCUT2D eigenvalue weighted by Crippen LogP contribution is -2.36. The molecule has 92 valence electrons. The van der Waals surface area contributed by atoms with E-state index in [2.05, 4.69) is 6.58 Å². The number of nitrogens with zero attached hydrogens (tertiary/aromatic N) is 1. The summed E-state index contributed by atoms with van der Waals surface area (Å²) in [5, 5.41) is 0. The molecule has 0 radical (unpaired) electrons. The quantitative estimate of drug-likeness (QED) is 0.397. The van der Waals surface area contributed by atoms with Crippen molar-refractivity contribution in [3.8, 4) is 0 Å². The molecule has 0 bridgehead atoms. The standard InChI is InChI=1S/C11H13NO5/c1-7(2)11(16)17-6-5-10(15)12-8(13)3-4-9(12)14/h1,3-6H2,2H3. The average Bonchev–Trinajstić information content (AvgIpc) is 2.58. The summed E-state index contributed by atoms with van der Waals surface area (Å²) < 4.78 is 4.70. The van der Waals surface area contributed by atoms with E-state index in [0.29, 0.717) is 4.90 Å². The summed E-state index contributed by atoms with van der Waals surface area (Å²) in [5.41, 5.74) is 0.228. The van der Waals surface area contributed by atoms with Gasteiger partial charge in [0.15, 0.2) is 0 Å². The zero-order chi connectivity index (χ0) is 13.0. The van der Waals surface area contributed by atoms with Crippen molar-refractivity contribution in [3.05, 3.63) is 12.2 Å². The minimum atomic E-state index is -0.632. The third-order valence-electron chi connectivity index (χ3n) is 2.20. The zero-order valence-corrected chi connectivity index (χ0v) is 9.52. The smallest absolute Gasteiger partial charge is 0.333 e. The van der Waals surface area contributed by atoms with Crippen molar-refractivity contribution in [1.82, 2.24) is 4.90 Å². The third-order valence-corrected chi connectivity index (χ3v) is 2.20. The Morgan fingerprint density at radius 2 is 1.82 bits per heavy atom. The van der Waals surface area contributed by atoms with Crippen LogP contribution in [0.4, 0.5) is 0 Å². The molecule has 0 aliphatic carbocycles. The summed E-state index contributed by atoms with van der Waals surface area (Å²) in [6.45, 7) is 4.69. The van der Waals surface area contributed by atoms with Gasteiger partial charge in [0.25, 0.3) is 0 Å². The van der Waals surface area contributed by atoms with Crippen LogP contribution in [-0.4, -0.2) is 35.2 Å². The Labute approximate surface area is 98.2 Å². The largest absolute Gasteiger partial charge is 0.462 e. The van der Waals surface area contributed by atoms with Crippen LogP contribution in [0.25, 0.3) is 0 Å². The van der Waals surface area contributed by atoms with E-state index in [1.54, 1.807) is 0 Å². The van der Waals surface area contributed by atoms with Crippen molar-refractivity contribution in [3.63, 3.8) is 0 Å². The lowest BCUT2D eigenvalue weighted by atomic mass is 10.3. The fourth-order valence-corrected chi connectivity index (χ4v) is 1.32. The molecular weight excluding hydrogens is 226 g/mol. The Hall–Kier alpha value is -1.98. The maximum Gasteiger partial charge on any atom is 0.333 e. The lowest BCUT2D eigenvalue weighted by molar-refractivity contribution is -0.150. The maximum atomic E-state index is 11.5. The first-order valence-electron chi connectivity index (χ1n) is 5.14. The molecule has 17 heavy (non-hydrogen) atoms. The molecule has 0 aromatic rings. The van der Waals surface area contributed by atoms with Crippen LogP contribution in [0.15, 0.2) is 12.2 Å². The van der Waals surface area contributed by atoms with Gasteiger partial charge in [-0.15, -0.1) is 0 Å². The number of carbonyl (C=O) groups excluding carboxylic acids is 4. The van der Waals surface area contributed by atoms with Crippen molar-refractivity contribution < 1.29 is 23.9 Å². The van der Waals surface area contributed by atoms with Crippen molar-refractivity contribution in [1.29, 1.82) is 0 Å². The van der Waals surface area contributed by atoms with Crippen molar-refractivity contribution in [2.45, 2.75) is 26.2 Å². The van der Waals surface area contributed by atoms with Gasteiger partial charge < -0.3 is 4.74 Å². The number of hydrogen-bond donors (Lipinski definition) is 0. The maximum absolute atomic E-state index is 11.5. The molecule has 1 aliphatic heterocycles. The van der Waals surface area contributed by atoms with Gasteiger partial charge in [0.1, 0.15) is 6.61 Å². The van der Waals surface area contributed by atoms with E-state index >= 15 is 0 Å². The highest BCUT2D eigenvalue weighted by Crippen LogP contribution is 2.13. The summed E-state index contributed by atoms with van der Waals surface area (Å²) in [5.74, 6) is -2.22. The van der Waals surface area contributed by atoms with Crippen LogP contribution in [0, 0.1) is 0 Å². The van der Waals surface area contributed by atoms with Crippen LogP contribution in [0.2, 0.25) is 0 Å². The molecule has 6 nitrogen and oxygen atoms in total. The minimum absolute atomic E-state index is 0.0656. The first kappa shape index (κ1) is 13.1. The topological polar surface area (TPSA) is 80.8 Å². The Bertz CT molecular complexity index is 383. The van der Waals surface area contributed by atoms with Gasteiger partial charge in [0.05, 0.1) is 6.42 Å². The van der Waals surface area contributed by atoms with Gasteiger partial charge in [-0.25, -0.2) is 9.69 Å². The van der Waals surface area contributed by atoms with Crippen LogP contribution in [0.3, 0.4) is 0 Å². The van der Waals surface area contributed by atoms with Crippen LogP contribution >= 0.6 is 0 Å². The lowest BCUT2D eigenvalue weighted by Gasteiger charge is -2.11. The summed E-state index contributed by atoms with van der Waals surface area (Å²) in [4.78, 5) is 45.5. The number of likely N-dealkylation sites (tertiary alicyclic amines) is 1. The molecule has 6 heteroatoms. The molecule has 0 aromatic heterocycles. The molecule has 1 fully saturated rings. The highest BCUT2D eigenvalue weighted by atomic mass is 16.5. The van der Waals surface area contributed by atoms with Gasteiger partial charge >= 0.3 is 5.97 Å². The van der Waals surface area contributed by atoms with Gasteiger partial charge in [0, 0.05) is 18.4 Å². The third kappa shape index (κ3) is 3.24. The molecule has 1 rings (SSSR count). The van der Waals surface area contributed by atoms with E-state index in [0.717, 1.165) is 0 Å². The number of hydrogen-bond acceptors (Lipinski definition) is 5. The van der Waals surface area contributed by atoms with Gasteiger partial charge in [0.2, 0.25) is 17.7 Å². The second-order valence-corrected chi connectivity index (χ2v) is 3.68. The van der Waals surface area contributed by atoms with Gasteiger partial charge in [-0.3, -0.25) is 14.4 Å². The summed E-state index contributed by atoms with van der Waals surface area (Å²) in [6, 6.07) is 0. The molecule has 0 saturated carbocycles. The van der Waals surface area contributed by atoms with E-state index in [1.165, 1.54) is 6.92 Å². The van der Waals surface area contributed by atoms with Crippen LogP contribution in [0.1, 0.15) is 26.2 Å². The summed E-state index contributed by atoms with van der Waals surface area (Å²) in [7, 11) is 0. The van der Waals surface area contributed by atoms with Crippen molar-refractivity contribution in [2.24, 2.45) is 0 Å². The van der Waals surface area contributed by atoms with Crippen LogP contribution < -0.4 is 0 Å². The van der Waals surface area contributed by atoms with Crippen LogP contribution in [0.5, 0.6) is 0 Å². The number of esters is 1. The van der Waals surface area contributed by atoms with Crippen molar-refractivity contribution in [2.75, 3.05) is 6.61 Å². The van der Waals surface area contributed by atoms with E-state index in [-0.39, 0.29) is 31.4 Å². The second-order valence-electron chi connectivity index (χ2n) is 3.68. The number of ether oxygens (including phenoxy) is 1. The van der Waals surface area contributed by atoms with E-state index < -0.39 is 23.7 Å². The Balaban J connectivity index is 2.40. The number of rotatable bonds is 4. The summed E-state index contributed by atoms with van der Waals surface area (Å²) in [6.07, 6.45) is -0.0528. The first-order valence-corrected chi connectivity index (χ1v) is 5.14. The molecule has 0 spiro atoms. The highest BCUT2D eigenvalue weighted by Gasteiger charge is 2.33.